The van der Waals surface area contributed by atoms with Crippen molar-refractivity contribution in [2.75, 3.05) is 0 Å². The molecular weight excluding hydrogens is 226 g/mol. The van der Waals surface area contributed by atoms with Crippen molar-refractivity contribution in [1.82, 2.24) is 14.8 Å². The van der Waals surface area contributed by atoms with Gasteiger partial charge in [0.15, 0.2) is 0 Å². The molecule has 0 saturated heterocycles. The molecule has 1 saturated carbocycles. The Kier molecular flexibility index (Phi) is 4.15. The molecule has 0 N–H and O–H groups in total. The highest BCUT2D eigenvalue weighted by molar-refractivity contribution is 5.75. The predicted octanol–water partition coefficient (Wildman–Crippen LogP) is 2.72. The van der Waals surface area contributed by atoms with Crippen LogP contribution < -0.4 is 0 Å². The number of Topliss-reactive ketones (excluding diaryl/α,β-unsaturated/α-hetero) is 1. The molecule has 0 amide bonds. The zero-order valence-electron chi connectivity index (χ0n) is 11.6. The largest absolute Gasteiger partial charge is 0.312 e. The monoisotopic (exact) mass is 249 g/mol. The van der Waals surface area contributed by atoms with Crippen molar-refractivity contribution in [1.29, 1.82) is 0 Å². The highest BCUT2D eigenvalue weighted by Crippen LogP contribution is 2.37. The second-order valence-corrected chi connectivity index (χ2v) is 5.77. The van der Waals surface area contributed by atoms with E-state index in [4.69, 9.17) is 0 Å². The van der Waals surface area contributed by atoms with E-state index in [9.17, 15) is 4.79 Å². The molecule has 0 bridgehead atoms. The molecule has 0 unspecified atom stereocenters. The van der Waals surface area contributed by atoms with Crippen LogP contribution in [0.3, 0.4) is 0 Å². The second kappa shape index (κ2) is 5.63. The van der Waals surface area contributed by atoms with Gasteiger partial charge in [-0.25, -0.2) is 0 Å². The molecule has 0 aliphatic heterocycles. The fourth-order valence-corrected chi connectivity index (χ4v) is 2.16. The van der Waals surface area contributed by atoms with Crippen LogP contribution >= 0.6 is 0 Å². The Hall–Kier alpha value is -1.19. The SMILES string of the molecule is CC(=O)CCc1nnc(CCC(C)C)n1C1CC1. The van der Waals surface area contributed by atoms with E-state index in [1.807, 2.05) is 0 Å². The van der Waals surface area contributed by atoms with Crippen molar-refractivity contribution in [2.45, 2.75) is 65.3 Å². The number of carbonyl (C=O) groups excluding carboxylic acids is 1. The first-order valence-corrected chi connectivity index (χ1v) is 7.00. The van der Waals surface area contributed by atoms with Crippen molar-refractivity contribution in [3.05, 3.63) is 11.6 Å². The predicted molar refractivity (Wildman–Crippen MR) is 70.5 cm³/mol. The number of aryl methyl sites for hydroxylation is 2. The summed E-state index contributed by atoms with van der Waals surface area (Å²) >= 11 is 0. The van der Waals surface area contributed by atoms with E-state index in [-0.39, 0.29) is 5.78 Å². The van der Waals surface area contributed by atoms with Crippen LogP contribution in [0.4, 0.5) is 0 Å². The molecule has 1 heterocycles. The average Bonchev–Trinajstić information content (AvgIpc) is 3.05. The lowest BCUT2D eigenvalue weighted by Gasteiger charge is -2.09. The van der Waals surface area contributed by atoms with Crippen LogP contribution in [0.2, 0.25) is 0 Å². The summed E-state index contributed by atoms with van der Waals surface area (Å²) in [4.78, 5) is 11.1. The van der Waals surface area contributed by atoms with E-state index in [1.165, 1.54) is 12.8 Å². The smallest absolute Gasteiger partial charge is 0.133 e. The Morgan fingerprint density at radius 1 is 1.28 bits per heavy atom. The minimum absolute atomic E-state index is 0.226. The van der Waals surface area contributed by atoms with E-state index in [0.29, 0.717) is 18.4 Å². The van der Waals surface area contributed by atoms with Gasteiger partial charge in [0.05, 0.1) is 0 Å². The number of aromatic nitrogens is 3. The number of hydrogen-bond donors (Lipinski definition) is 0. The minimum atomic E-state index is 0.226. The van der Waals surface area contributed by atoms with E-state index >= 15 is 0 Å². The fraction of sp³-hybridized carbons (Fsp3) is 0.786. The molecule has 1 aromatic rings. The van der Waals surface area contributed by atoms with Gasteiger partial charge in [-0.3, -0.25) is 0 Å². The van der Waals surface area contributed by atoms with Gasteiger partial charge in [0.25, 0.3) is 0 Å². The first-order chi connectivity index (χ1) is 8.58. The summed E-state index contributed by atoms with van der Waals surface area (Å²) in [5, 5.41) is 8.62. The summed E-state index contributed by atoms with van der Waals surface area (Å²) in [6.07, 6.45) is 5.94. The van der Waals surface area contributed by atoms with Crippen molar-refractivity contribution in [2.24, 2.45) is 5.92 Å². The lowest BCUT2D eigenvalue weighted by atomic mass is 10.1. The van der Waals surface area contributed by atoms with Gasteiger partial charge < -0.3 is 9.36 Å². The molecule has 4 heteroatoms. The molecule has 4 nitrogen and oxygen atoms in total. The number of rotatable bonds is 7. The Morgan fingerprint density at radius 3 is 2.39 bits per heavy atom. The lowest BCUT2D eigenvalue weighted by molar-refractivity contribution is -0.117. The summed E-state index contributed by atoms with van der Waals surface area (Å²) in [5.41, 5.74) is 0. The number of carbonyl (C=O) groups is 1. The quantitative estimate of drug-likeness (QED) is 0.746. The zero-order valence-corrected chi connectivity index (χ0v) is 11.6. The van der Waals surface area contributed by atoms with Crippen molar-refractivity contribution in [3.63, 3.8) is 0 Å². The van der Waals surface area contributed by atoms with Crippen LogP contribution in [0.1, 0.15) is 64.1 Å². The Labute approximate surface area is 109 Å². The Balaban J connectivity index is 2.07. The van der Waals surface area contributed by atoms with Crippen molar-refractivity contribution in [3.8, 4) is 0 Å². The molecule has 1 aliphatic rings. The Bertz CT molecular complexity index is 419. The third kappa shape index (κ3) is 3.40. The molecule has 100 valence electrons. The summed E-state index contributed by atoms with van der Waals surface area (Å²) in [6.45, 7) is 6.10. The summed E-state index contributed by atoms with van der Waals surface area (Å²) < 4.78 is 2.30. The number of ketones is 1. The molecule has 1 aliphatic carbocycles. The van der Waals surface area contributed by atoms with Gasteiger partial charge in [0.1, 0.15) is 17.4 Å². The molecule has 0 radical (unpaired) electrons. The maximum Gasteiger partial charge on any atom is 0.133 e. The van der Waals surface area contributed by atoms with Gasteiger partial charge in [-0.1, -0.05) is 13.8 Å². The highest BCUT2D eigenvalue weighted by Gasteiger charge is 2.29. The molecule has 0 aromatic carbocycles. The first-order valence-electron chi connectivity index (χ1n) is 7.00. The second-order valence-electron chi connectivity index (χ2n) is 5.77. The highest BCUT2D eigenvalue weighted by atomic mass is 16.1. The molecule has 1 aromatic heterocycles. The molecule has 0 spiro atoms. The van der Waals surface area contributed by atoms with Crippen LogP contribution in [0, 0.1) is 5.92 Å². The third-order valence-corrected chi connectivity index (χ3v) is 3.40. The van der Waals surface area contributed by atoms with Gasteiger partial charge in [-0.2, -0.15) is 0 Å². The maximum atomic E-state index is 11.1. The fourth-order valence-electron chi connectivity index (χ4n) is 2.16. The molecule has 2 rings (SSSR count). The summed E-state index contributed by atoms with van der Waals surface area (Å²) in [6, 6.07) is 0.601. The van der Waals surface area contributed by atoms with E-state index < -0.39 is 0 Å². The van der Waals surface area contributed by atoms with Crippen molar-refractivity contribution >= 4 is 5.78 Å². The van der Waals surface area contributed by atoms with Gasteiger partial charge in [0.2, 0.25) is 0 Å². The van der Waals surface area contributed by atoms with Crippen LogP contribution in [0.15, 0.2) is 0 Å². The van der Waals surface area contributed by atoms with Gasteiger partial charge in [-0.05, 0) is 32.1 Å². The van der Waals surface area contributed by atoms with Gasteiger partial charge in [-0.15, -0.1) is 10.2 Å². The third-order valence-electron chi connectivity index (χ3n) is 3.40. The van der Waals surface area contributed by atoms with Gasteiger partial charge >= 0.3 is 0 Å². The molecule has 18 heavy (non-hydrogen) atoms. The van der Waals surface area contributed by atoms with E-state index in [2.05, 4.69) is 28.6 Å². The van der Waals surface area contributed by atoms with Crippen LogP contribution in [0.5, 0.6) is 0 Å². The first kappa shape index (κ1) is 13.2. The van der Waals surface area contributed by atoms with E-state index in [0.717, 1.165) is 30.9 Å². The summed E-state index contributed by atoms with van der Waals surface area (Å²) in [5.74, 6) is 3.04. The van der Waals surface area contributed by atoms with Gasteiger partial charge in [0, 0.05) is 25.3 Å². The Morgan fingerprint density at radius 2 is 1.89 bits per heavy atom. The van der Waals surface area contributed by atoms with Crippen LogP contribution in [-0.4, -0.2) is 20.5 Å². The lowest BCUT2D eigenvalue weighted by Crippen LogP contribution is -2.08. The zero-order chi connectivity index (χ0) is 13.1. The van der Waals surface area contributed by atoms with E-state index in [1.54, 1.807) is 6.92 Å². The van der Waals surface area contributed by atoms with Crippen molar-refractivity contribution < 1.29 is 4.79 Å². The number of nitrogens with zero attached hydrogens (tertiary/aromatic N) is 3. The summed E-state index contributed by atoms with van der Waals surface area (Å²) in [7, 11) is 0. The topological polar surface area (TPSA) is 47.8 Å². The van der Waals surface area contributed by atoms with Crippen LogP contribution in [0.25, 0.3) is 0 Å². The van der Waals surface area contributed by atoms with Crippen LogP contribution in [-0.2, 0) is 17.6 Å². The molecular formula is C14H23N3O. The molecule has 1 fully saturated rings. The molecule has 0 atom stereocenters. The normalized spacial score (nSPS) is 15.3. The number of hydrogen-bond acceptors (Lipinski definition) is 3. The standard InChI is InChI=1S/C14H23N3O/c1-10(2)4-8-13-15-16-14(9-5-11(3)18)17(13)12-6-7-12/h10,12H,4-9H2,1-3H3. The average molecular weight is 249 g/mol. The minimum Gasteiger partial charge on any atom is -0.312 e. The maximum absolute atomic E-state index is 11.1.